The van der Waals surface area contributed by atoms with E-state index >= 15 is 0 Å². The summed E-state index contributed by atoms with van der Waals surface area (Å²) in [6.07, 6.45) is 4.09. The highest BCUT2D eigenvalue weighted by Crippen LogP contribution is 2.23. The minimum absolute atomic E-state index is 0.666. The minimum atomic E-state index is 0.666. The highest BCUT2D eigenvalue weighted by atomic mass is 32.1. The van der Waals surface area contributed by atoms with Gasteiger partial charge in [-0.2, -0.15) is 0 Å². The van der Waals surface area contributed by atoms with Gasteiger partial charge in [0.1, 0.15) is 5.01 Å². The van der Waals surface area contributed by atoms with Crippen LogP contribution in [-0.2, 0) is 15.9 Å². The molecular weight excluding hydrogens is 384 g/mol. The molecule has 1 aliphatic rings. The van der Waals surface area contributed by atoms with Crippen LogP contribution in [0.3, 0.4) is 0 Å². The molecule has 0 radical (unpaired) electrons. The molecule has 1 fully saturated rings. The molecule has 158 valence electrons. The highest BCUT2D eigenvalue weighted by Gasteiger charge is 2.13. The molecule has 1 aliphatic heterocycles. The van der Waals surface area contributed by atoms with Crippen molar-refractivity contribution in [3.8, 4) is 10.6 Å². The molecule has 0 spiro atoms. The van der Waals surface area contributed by atoms with Crippen molar-refractivity contribution in [2.24, 2.45) is 10.9 Å². The summed E-state index contributed by atoms with van der Waals surface area (Å²) in [5, 5.41) is 9.91. The lowest BCUT2D eigenvalue weighted by molar-refractivity contribution is 0.0203. The molecule has 1 aromatic carbocycles. The Labute approximate surface area is 177 Å². The number of aliphatic imine (C=N–C) groups is 1. The predicted molar refractivity (Wildman–Crippen MR) is 120 cm³/mol. The molecule has 2 aromatic rings. The molecule has 2 heterocycles. The summed E-state index contributed by atoms with van der Waals surface area (Å²) in [5.41, 5.74) is 2.28. The van der Waals surface area contributed by atoms with Gasteiger partial charge >= 0.3 is 0 Å². The zero-order valence-corrected chi connectivity index (χ0v) is 18.0. The molecule has 1 saturated heterocycles. The van der Waals surface area contributed by atoms with Crippen LogP contribution in [0.15, 0.2) is 40.7 Å². The average molecular weight is 417 g/mol. The molecule has 1 aromatic heterocycles. The number of nitrogens with zero attached hydrogens (tertiary/aromatic N) is 2. The molecule has 3 rings (SSSR count). The van der Waals surface area contributed by atoms with E-state index in [-0.39, 0.29) is 0 Å². The first-order valence-electron chi connectivity index (χ1n) is 10.4. The van der Waals surface area contributed by atoms with Gasteiger partial charge in [-0.3, -0.25) is 4.99 Å². The second-order valence-corrected chi connectivity index (χ2v) is 8.03. The smallest absolute Gasteiger partial charge is 0.190 e. The summed E-state index contributed by atoms with van der Waals surface area (Å²) in [4.78, 5) is 9.02. The van der Waals surface area contributed by atoms with Gasteiger partial charge in [-0.1, -0.05) is 30.3 Å². The molecule has 0 bridgehead atoms. The van der Waals surface area contributed by atoms with E-state index in [0.29, 0.717) is 5.92 Å². The number of rotatable bonds is 10. The van der Waals surface area contributed by atoms with Gasteiger partial charge in [-0.05, 0) is 25.2 Å². The Balaban J connectivity index is 1.26. The van der Waals surface area contributed by atoms with Crippen LogP contribution in [0.4, 0.5) is 0 Å². The first-order chi connectivity index (χ1) is 14.3. The Bertz CT molecular complexity index is 729. The molecule has 0 unspecified atom stereocenters. The van der Waals surface area contributed by atoms with Crippen LogP contribution < -0.4 is 10.6 Å². The fourth-order valence-electron chi connectivity index (χ4n) is 3.21. The van der Waals surface area contributed by atoms with Crippen molar-refractivity contribution in [2.75, 3.05) is 46.6 Å². The van der Waals surface area contributed by atoms with E-state index in [9.17, 15) is 0 Å². The van der Waals surface area contributed by atoms with Gasteiger partial charge in [-0.25, -0.2) is 4.98 Å². The number of thiazole rings is 1. The summed E-state index contributed by atoms with van der Waals surface area (Å²) in [6, 6.07) is 10.3. The fraction of sp³-hybridized carbons (Fsp3) is 0.545. The monoisotopic (exact) mass is 416 g/mol. The Kier molecular flexibility index (Phi) is 9.42. The molecule has 0 amide bonds. The number of aromatic nitrogens is 1. The molecule has 6 nitrogen and oxygen atoms in total. The van der Waals surface area contributed by atoms with Crippen molar-refractivity contribution < 1.29 is 9.47 Å². The number of hydrogen-bond donors (Lipinski definition) is 2. The van der Waals surface area contributed by atoms with E-state index in [0.717, 1.165) is 81.9 Å². The molecule has 29 heavy (non-hydrogen) atoms. The van der Waals surface area contributed by atoms with E-state index in [1.165, 1.54) is 5.56 Å². The van der Waals surface area contributed by atoms with Crippen LogP contribution in [-0.4, -0.2) is 57.5 Å². The Hall–Kier alpha value is -1.96. The quantitative estimate of drug-likeness (QED) is 0.353. The van der Waals surface area contributed by atoms with Gasteiger partial charge in [0.15, 0.2) is 5.96 Å². The van der Waals surface area contributed by atoms with Gasteiger partial charge < -0.3 is 20.1 Å². The van der Waals surface area contributed by atoms with E-state index in [4.69, 9.17) is 14.5 Å². The zero-order chi connectivity index (χ0) is 20.2. The first kappa shape index (κ1) is 21.7. The van der Waals surface area contributed by atoms with Crippen LogP contribution in [0.2, 0.25) is 0 Å². The van der Waals surface area contributed by atoms with E-state index in [1.54, 1.807) is 18.4 Å². The largest absolute Gasteiger partial charge is 0.381 e. The van der Waals surface area contributed by atoms with Crippen LogP contribution in [0, 0.1) is 5.92 Å². The van der Waals surface area contributed by atoms with Crippen LogP contribution in [0.5, 0.6) is 0 Å². The van der Waals surface area contributed by atoms with Crippen molar-refractivity contribution in [1.29, 1.82) is 0 Å². The van der Waals surface area contributed by atoms with E-state index in [1.807, 2.05) is 18.2 Å². The van der Waals surface area contributed by atoms with Crippen molar-refractivity contribution in [3.05, 3.63) is 41.4 Å². The molecular formula is C22H32N4O2S. The first-order valence-corrected chi connectivity index (χ1v) is 11.3. The third-order valence-corrected chi connectivity index (χ3v) is 5.86. The lowest BCUT2D eigenvalue weighted by atomic mass is 10.0. The number of hydrogen-bond acceptors (Lipinski definition) is 5. The van der Waals surface area contributed by atoms with Crippen molar-refractivity contribution >= 4 is 17.3 Å². The summed E-state index contributed by atoms with van der Waals surface area (Å²) < 4.78 is 11.2. The lowest BCUT2D eigenvalue weighted by Gasteiger charge is -2.21. The molecule has 0 atom stereocenters. The zero-order valence-electron chi connectivity index (χ0n) is 17.2. The fourth-order valence-corrected chi connectivity index (χ4v) is 4.07. The third-order valence-electron chi connectivity index (χ3n) is 4.92. The SMILES string of the molecule is CN=C(NCCCOCC1CCOCC1)NCCc1csc(-c2ccccc2)n1. The molecule has 0 saturated carbocycles. The number of ether oxygens (including phenoxy) is 2. The maximum absolute atomic E-state index is 5.80. The highest BCUT2D eigenvalue weighted by molar-refractivity contribution is 7.13. The minimum Gasteiger partial charge on any atom is -0.381 e. The van der Waals surface area contributed by atoms with Crippen molar-refractivity contribution in [3.63, 3.8) is 0 Å². The second-order valence-electron chi connectivity index (χ2n) is 7.17. The number of nitrogens with one attached hydrogen (secondary N) is 2. The second kappa shape index (κ2) is 12.6. The normalized spacial score (nSPS) is 15.4. The third kappa shape index (κ3) is 7.76. The van der Waals surface area contributed by atoms with Crippen LogP contribution in [0.25, 0.3) is 10.6 Å². The number of guanidine groups is 1. The van der Waals surface area contributed by atoms with Crippen molar-refractivity contribution in [2.45, 2.75) is 25.7 Å². The Morgan fingerprint density at radius 1 is 1.21 bits per heavy atom. The Morgan fingerprint density at radius 2 is 2.00 bits per heavy atom. The Morgan fingerprint density at radius 3 is 2.79 bits per heavy atom. The maximum atomic E-state index is 5.80. The van der Waals surface area contributed by atoms with Gasteiger partial charge in [-0.15, -0.1) is 11.3 Å². The summed E-state index contributed by atoms with van der Waals surface area (Å²) >= 11 is 1.69. The van der Waals surface area contributed by atoms with Gasteiger partial charge in [0.25, 0.3) is 0 Å². The maximum Gasteiger partial charge on any atom is 0.190 e. The average Bonchev–Trinajstić information content (AvgIpc) is 3.25. The molecule has 7 heteroatoms. The molecule has 0 aliphatic carbocycles. The lowest BCUT2D eigenvalue weighted by Crippen LogP contribution is -2.39. The topological polar surface area (TPSA) is 67.8 Å². The van der Waals surface area contributed by atoms with E-state index < -0.39 is 0 Å². The van der Waals surface area contributed by atoms with Crippen LogP contribution >= 0.6 is 11.3 Å². The molecule has 2 N–H and O–H groups in total. The summed E-state index contributed by atoms with van der Waals surface area (Å²) in [6.45, 7) is 5.05. The van der Waals surface area contributed by atoms with E-state index in [2.05, 4.69) is 33.1 Å². The van der Waals surface area contributed by atoms with Crippen LogP contribution in [0.1, 0.15) is 25.0 Å². The standard InChI is InChI=1S/C22H32N4O2S/c1-23-22(24-11-5-13-28-16-18-9-14-27-15-10-18)25-12-8-20-17-29-21(26-20)19-6-3-2-4-7-19/h2-4,6-7,17-18H,5,8-16H2,1H3,(H2,23,24,25). The van der Waals surface area contributed by atoms with Crippen molar-refractivity contribution in [1.82, 2.24) is 15.6 Å². The predicted octanol–water partition coefficient (Wildman–Crippen LogP) is 3.35. The van der Waals surface area contributed by atoms with Gasteiger partial charge in [0.2, 0.25) is 0 Å². The summed E-state index contributed by atoms with van der Waals surface area (Å²) in [7, 11) is 1.80. The van der Waals surface area contributed by atoms with Gasteiger partial charge in [0, 0.05) is 63.9 Å². The summed E-state index contributed by atoms with van der Waals surface area (Å²) in [5.74, 6) is 1.49. The van der Waals surface area contributed by atoms with Gasteiger partial charge in [0.05, 0.1) is 5.69 Å². The number of benzene rings is 1.